The van der Waals surface area contributed by atoms with Crippen LogP contribution in [0.15, 0.2) is 30.5 Å². The molecule has 1 N–H and O–H groups in total. The third kappa shape index (κ3) is 3.29. The lowest BCUT2D eigenvalue weighted by molar-refractivity contribution is -0.143. The molecule has 1 aromatic heterocycles. The van der Waals surface area contributed by atoms with E-state index < -0.39 is 11.9 Å². The van der Waals surface area contributed by atoms with Gasteiger partial charge in [-0.3, -0.25) is 9.59 Å². The number of aryl methyl sites for hydroxylation is 1. The summed E-state index contributed by atoms with van der Waals surface area (Å²) < 4.78 is 1.82. The van der Waals surface area contributed by atoms with E-state index in [0.29, 0.717) is 24.9 Å². The molecule has 1 unspecified atom stereocenters. The summed E-state index contributed by atoms with van der Waals surface area (Å²) in [5.74, 6) is -1.43. The molecule has 6 nitrogen and oxygen atoms in total. The molecule has 132 valence electrons. The van der Waals surface area contributed by atoms with Gasteiger partial charge in [0.05, 0.1) is 29.1 Å². The van der Waals surface area contributed by atoms with Crippen LogP contribution in [0.25, 0.3) is 5.69 Å². The highest BCUT2D eigenvalue weighted by Crippen LogP contribution is 2.23. The monoisotopic (exact) mass is 341 g/mol. The first-order chi connectivity index (χ1) is 12.0. The first-order valence-electron chi connectivity index (χ1n) is 8.68. The lowest BCUT2D eigenvalue weighted by atomic mass is 9.97. The number of likely N-dealkylation sites (tertiary alicyclic amines) is 1. The summed E-state index contributed by atoms with van der Waals surface area (Å²) in [5, 5.41) is 13.7. The van der Waals surface area contributed by atoms with Crippen molar-refractivity contribution in [3.8, 4) is 5.69 Å². The average Bonchev–Trinajstić information content (AvgIpc) is 3.05. The van der Waals surface area contributed by atoms with Crippen LogP contribution in [-0.2, 0) is 11.2 Å². The standard InChI is InChI=1S/C19H23N3O3/c1-3-16-15(11-20-22(16)17-9-5-4-7-13(17)2)18(23)21-10-6-8-14(12-21)19(24)25/h4-5,7,9,11,14H,3,6,8,10,12H2,1-2H3,(H,24,25). The Morgan fingerprint density at radius 3 is 2.76 bits per heavy atom. The maximum Gasteiger partial charge on any atom is 0.308 e. The Morgan fingerprint density at radius 1 is 1.32 bits per heavy atom. The van der Waals surface area contributed by atoms with Gasteiger partial charge in [-0.2, -0.15) is 5.10 Å². The maximum atomic E-state index is 13.0. The lowest BCUT2D eigenvalue weighted by Gasteiger charge is -2.30. The maximum absolute atomic E-state index is 13.0. The number of piperidine rings is 1. The first kappa shape index (κ1) is 17.2. The Labute approximate surface area is 147 Å². The van der Waals surface area contributed by atoms with E-state index in [1.807, 2.05) is 42.8 Å². The van der Waals surface area contributed by atoms with E-state index in [2.05, 4.69) is 5.10 Å². The number of carbonyl (C=O) groups is 2. The molecule has 1 fully saturated rings. The van der Waals surface area contributed by atoms with Gasteiger partial charge in [-0.15, -0.1) is 0 Å². The molecule has 1 amide bonds. The molecule has 25 heavy (non-hydrogen) atoms. The minimum absolute atomic E-state index is 0.123. The van der Waals surface area contributed by atoms with E-state index in [-0.39, 0.29) is 12.5 Å². The summed E-state index contributed by atoms with van der Waals surface area (Å²) in [6, 6.07) is 7.92. The number of carboxylic acids is 1. The van der Waals surface area contributed by atoms with E-state index in [0.717, 1.165) is 23.4 Å². The van der Waals surface area contributed by atoms with Crippen molar-refractivity contribution in [2.75, 3.05) is 13.1 Å². The molecular formula is C19H23N3O3. The van der Waals surface area contributed by atoms with Crippen molar-refractivity contribution in [1.29, 1.82) is 0 Å². The number of carbonyl (C=O) groups excluding carboxylic acids is 1. The number of hydrogen-bond acceptors (Lipinski definition) is 3. The highest BCUT2D eigenvalue weighted by atomic mass is 16.4. The van der Waals surface area contributed by atoms with Crippen molar-refractivity contribution in [2.45, 2.75) is 33.1 Å². The highest BCUT2D eigenvalue weighted by molar-refractivity contribution is 5.95. The number of rotatable bonds is 4. The fraction of sp³-hybridized carbons (Fsp3) is 0.421. The minimum atomic E-state index is -0.830. The molecule has 0 aliphatic carbocycles. The fourth-order valence-corrected chi connectivity index (χ4v) is 3.43. The van der Waals surface area contributed by atoms with Gasteiger partial charge < -0.3 is 10.0 Å². The van der Waals surface area contributed by atoms with Gasteiger partial charge in [0.1, 0.15) is 0 Å². The summed E-state index contributed by atoms with van der Waals surface area (Å²) in [4.78, 5) is 25.9. The normalized spacial score (nSPS) is 17.5. The van der Waals surface area contributed by atoms with E-state index in [1.54, 1.807) is 11.1 Å². The van der Waals surface area contributed by atoms with Crippen LogP contribution in [0.2, 0.25) is 0 Å². The molecule has 1 aromatic carbocycles. The molecule has 2 aromatic rings. The molecular weight excluding hydrogens is 318 g/mol. The summed E-state index contributed by atoms with van der Waals surface area (Å²) in [7, 11) is 0. The number of nitrogens with zero attached hydrogens (tertiary/aromatic N) is 3. The lowest BCUT2D eigenvalue weighted by Crippen LogP contribution is -2.42. The van der Waals surface area contributed by atoms with Gasteiger partial charge in [0.25, 0.3) is 5.91 Å². The molecule has 2 heterocycles. The van der Waals surface area contributed by atoms with Crippen LogP contribution in [0.1, 0.15) is 41.4 Å². The van der Waals surface area contributed by atoms with Crippen LogP contribution < -0.4 is 0 Å². The molecule has 1 atom stereocenters. The Morgan fingerprint density at radius 2 is 2.08 bits per heavy atom. The minimum Gasteiger partial charge on any atom is -0.481 e. The number of hydrogen-bond donors (Lipinski definition) is 1. The zero-order valence-electron chi connectivity index (χ0n) is 14.6. The van der Waals surface area contributed by atoms with Crippen molar-refractivity contribution in [3.63, 3.8) is 0 Å². The zero-order chi connectivity index (χ0) is 18.0. The fourth-order valence-electron chi connectivity index (χ4n) is 3.43. The predicted octanol–water partition coefficient (Wildman–Crippen LogP) is 2.68. The number of aromatic nitrogens is 2. The van der Waals surface area contributed by atoms with Crippen LogP contribution in [-0.4, -0.2) is 44.8 Å². The molecule has 6 heteroatoms. The first-order valence-corrected chi connectivity index (χ1v) is 8.68. The third-order valence-corrected chi connectivity index (χ3v) is 4.84. The van der Waals surface area contributed by atoms with Gasteiger partial charge >= 0.3 is 5.97 Å². The predicted molar refractivity (Wildman–Crippen MR) is 93.9 cm³/mol. The number of benzene rings is 1. The smallest absolute Gasteiger partial charge is 0.308 e. The molecule has 1 aliphatic rings. The topological polar surface area (TPSA) is 75.4 Å². The molecule has 3 rings (SSSR count). The summed E-state index contributed by atoms with van der Waals surface area (Å²) >= 11 is 0. The summed E-state index contributed by atoms with van der Waals surface area (Å²) in [6.07, 6.45) is 3.63. The largest absolute Gasteiger partial charge is 0.481 e. The van der Waals surface area contributed by atoms with Crippen LogP contribution in [0, 0.1) is 12.8 Å². The van der Waals surface area contributed by atoms with E-state index in [9.17, 15) is 14.7 Å². The van der Waals surface area contributed by atoms with Crippen molar-refractivity contribution in [2.24, 2.45) is 5.92 Å². The zero-order valence-corrected chi connectivity index (χ0v) is 14.6. The second-order valence-corrected chi connectivity index (χ2v) is 6.49. The molecule has 1 aliphatic heterocycles. The quantitative estimate of drug-likeness (QED) is 0.928. The van der Waals surface area contributed by atoms with Crippen molar-refractivity contribution in [1.82, 2.24) is 14.7 Å². The number of carboxylic acid groups (broad SMARTS) is 1. The Bertz CT molecular complexity index is 797. The molecule has 0 radical (unpaired) electrons. The van der Waals surface area contributed by atoms with Crippen LogP contribution in [0.5, 0.6) is 0 Å². The van der Waals surface area contributed by atoms with Crippen LogP contribution in [0.3, 0.4) is 0 Å². The van der Waals surface area contributed by atoms with Gasteiger partial charge in [0, 0.05) is 13.1 Å². The van der Waals surface area contributed by atoms with Crippen molar-refractivity contribution < 1.29 is 14.7 Å². The Hall–Kier alpha value is -2.63. The second kappa shape index (κ2) is 7.09. The van der Waals surface area contributed by atoms with Gasteiger partial charge in [0.15, 0.2) is 0 Å². The van der Waals surface area contributed by atoms with Gasteiger partial charge in [-0.25, -0.2) is 4.68 Å². The number of amides is 1. The van der Waals surface area contributed by atoms with Crippen LogP contribution in [0.4, 0.5) is 0 Å². The highest BCUT2D eigenvalue weighted by Gasteiger charge is 2.30. The second-order valence-electron chi connectivity index (χ2n) is 6.49. The van der Waals surface area contributed by atoms with Gasteiger partial charge in [0.2, 0.25) is 0 Å². The summed E-state index contributed by atoms with van der Waals surface area (Å²) in [5.41, 5.74) is 3.47. The number of para-hydroxylation sites is 1. The Kier molecular flexibility index (Phi) is 4.88. The van der Waals surface area contributed by atoms with E-state index >= 15 is 0 Å². The number of aliphatic carboxylic acids is 1. The molecule has 0 spiro atoms. The average molecular weight is 341 g/mol. The van der Waals surface area contributed by atoms with Crippen LogP contribution >= 0.6 is 0 Å². The molecule has 0 bridgehead atoms. The summed E-state index contributed by atoms with van der Waals surface area (Å²) in [6.45, 7) is 4.88. The van der Waals surface area contributed by atoms with Crippen molar-refractivity contribution in [3.05, 3.63) is 47.3 Å². The van der Waals surface area contributed by atoms with E-state index in [1.165, 1.54) is 0 Å². The van der Waals surface area contributed by atoms with Gasteiger partial charge in [-0.1, -0.05) is 25.1 Å². The molecule has 0 saturated carbocycles. The molecule has 1 saturated heterocycles. The van der Waals surface area contributed by atoms with Gasteiger partial charge in [-0.05, 0) is 37.8 Å². The SMILES string of the molecule is CCc1c(C(=O)N2CCCC(C(=O)O)C2)cnn1-c1ccccc1C. The Balaban J connectivity index is 1.92. The van der Waals surface area contributed by atoms with E-state index in [4.69, 9.17) is 0 Å². The third-order valence-electron chi connectivity index (χ3n) is 4.84. The van der Waals surface area contributed by atoms with Crippen molar-refractivity contribution >= 4 is 11.9 Å².